The van der Waals surface area contributed by atoms with E-state index in [0.717, 1.165) is 36.6 Å². The lowest BCUT2D eigenvalue weighted by Gasteiger charge is -2.21. The minimum Gasteiger partial charge on any atom is -0.396 e. The molecule has 1 aromatic rings. The zero-order valence-electron chi connectivity index (χ0n) is 11.1. The highest BCUT2D eigenvalue weighted by Crippen LogP contribution is 2.29. The summed E-state index contributed by atoms with van der Waals surface area (Å²) in [7, 11) is 0. The Morgan fingerprint density at radius 1 is 1.33 bits per heavy atom. The molecule has 5 heteroatoms. The smallest absolute Gasteiger partial charge is 0.134 e. The monoisotopic (exact) mass is 250 g/mol. The molecular formula is C13H22N4O. The summed E-state index contributed by atoms with van der Waals surface area (Å²) in [6, 6.07) is 0.332. The highest BCUT2D eigenvalue weighted by atomic mass is 16.3. The second-order valence-corrected chi connectivity index (χ2v) is 4.85. The van der Waals surface area contributed by atoms with Gasteiger partial charge in [-0.1, -0.05) is 6.42 Å². The number of nitrogens with zero attached hydrogens (tertiary/aromatic N) is 2. The van der Waals surface area contributed by atoms with Crippen molar-refractivity contribution in [3.05, 3.63) is 11.9 Å². The lowest BCUT2D eigenvalue weighted by atomic mass is 10.1. The minimum absolute atomic E-state index is 0.252. The lowest BCUT2D eigenvalue weighted by Crippen LogP contribution is -2.27. The highest BCUT2D eigenvalue weighted by Gasteiger charge is 2.27. The maximum atomic E-state index is 9.34. The molecule has 1 aliphatic rings. The third-order valence-electron chi connectivity index (χ3n) is 3.64. The van der Waals surface area contributed by atoms with E-state index in [2.05, 4.69) is 20.6 Å². The van der Waals surface area contributed by atoms with Gasteiger partial charge in [-0.3, -0.25) is 0 Å². The number of aliphatic hydroxyl groups excluding tert-OH is 1. The summed E-state index contributed by atoms with van der Waals surface area (Å²) in [6.45, 7) is 5.17. The van der Waals surface area contributed by atoms with Crippen LogP contribution in [-0.4, -0.2) is 34.3 Å². The fourth-order valence-electron chi connectivity index (χ4n) is 2.56. The molecule has 2 rings (SSSR count). The van der Waals surface area contributed by atoms with Gasteiger partial charge in [0.05, 0.1) is 0 Å². The standard InChI is InChI=1S/C13H22N4O/c1-3-14-12-9(2)13(16-8-15-12)17-11-6-4-5-10(11)7-18/h8,10-11,18H,3-7H2,1-2H3,(H2,14,15,16,17). The highest BCUT2D eigenvalue weighted by molar-refractivity contribution is 5.56. The van der Waals surface area contributed by atoms with Gasteiger partial charge >= 0.3 is 0 Å². The van der Waals surface area contributed by atoms with E-state index in [1.54, 1.807) is 6.33 Å². The summed E-state index contributed by atoms with van der Waals surface area (Å²) in [4.78, 5) is 8.54. The Kier molecular flexibility index (Phi) is 4.36. The van der Waals surface area contributed by atoms with E-state index in [9.17, 15) is 5.11 Å². The molecule has 0 radical (unpaired) electrons. The van der Waals surface area contributed by atoms with E-state index in [4.69, 9.17) is 0 Å². The van der Waals surface area contributed by atoms with Gasteiger partial charge in [0.25, 0.3) is 0 Å². The molecule has 5 nitrogen and oxygen atoms in total. The molecule has 18 heavy (non-hydrogen) atoms. The van der Waals surface area contributed by atoms with Crippen LogP contribution in [0.4, 0.5) is 11.6 Å². The van der Waals surface area contributed by atoms with E-state index in [1.165, 1.54) is 6.42 Å². The van der Waals surface area contributed by atoms with Gasteiger partial charge in [-0.15, -0.1) is 0 Å². The second-order valence-electron chi connectivity index (χ2n) is 4.85. The van der Waals surface area contributed by atoms with E-state index >= 15 is 0 Å². The predicted molar refractivity (Wildman–Crippen MR) is 72.8 cm³/mol. The average Bonchev–Trinajstić information content (AvgIpc) is 2.82. The first-order valence-electron chi connectivity index (χ1n) is 6.69. The molecule has 1 saturated carbocycles. The Labute approximate surface area is 108 Å². The number of anilines is 2. The molecule has 2 atom stereocenters. The van der Waals surface area contributed by atoms with Crippen molar-refractivity contribution < 1.29 is 5.11 Å². The summed E-state index contributed by atoms with van der Waals surface area (Å²) in [5.41, 5.74) is 1.04. The number of nitrogens with one attached hydrogen (secondary N) is 2. The first-order chi connectivity index (χ1) is 8.76. The zero-order valence-corrected chi connectivity index (χ0v) is 11.1. The van der Waals surface area contributed by atoms with Gasteiger partial charge in [0.1, 0.15) is 18.0 Å². The van der Waals surface area contributed by atoms with Crippen LogP contribution in [0.1, 0.15) is 31.7 Å². The van der Waals surface area contributed by atoms with Gasteiger partial charge in [0.15, 0.2) is 0 Å². The van der Waals surface area contributed by atoms with E-state index in [-0.39, 0.29) is 6.61 Å². The molecule has 1 fully saturated rings. The Hall–Kier alpha value is -1.36. The third kappa shape index (κ3) is 2.72. The number of hydrogen-bond donors (Lipinski definition) is 3. The Morgan fingerprint density at radius 3 is 2.83 bits per heavy atom. The number of hydrogen-bond acceptors (Lipinski definition) is 5. The van der Waals surface area contributed by atoms with Crippen LogP contribution in [0.3, 0.4) is 0 Å². The number of aromatic nitrogens is 2. The van der Waals surface area contributed by atoms with Crippen molar-refractivity contribution in [3.8, 4) is 0 Å². The van der Waals surface area contributed by atoms with E-state index in [1.807, 2.05) is 13.8 Å². The molecule has 3 N–H and O–H groups in total. The first kappa shape index (κ1) is 13.1. The fourth-order valence-corrected chi connectivity index (χ4v) is 2.56. The molecule has 2 unspecified atom stereocenters. The van der Waals surface area contributed by atoms with E-state index in [0.29, 0.717) is 12.0 Å². The van der Waals surface area contributed by atoms with Crippen molar-refractivity contribution in [2.45, 2.75) is 39.2 Å². The largest absolute Gasteiger partial charge is 0.396 e. The number of aliphatic hydroxyl groups is 1. The summed E-state index contributed by atoms with van der Waals surface area (Å²) in [5, 5.41) is 16.0. The molecule has 0 bridgehead atoms. The molecule has 100 valence electrons. The molecule has 1 aliphatic carbocycles. The van der Waals surface area contributed by atoms with Crippen LogP contribution in [0.15, 0.2) is 6.33 Å². The SMILES string of the molecule is CCNc1ncnc(NC2CCCC2CO)c1C. The summed E-state index contributed by atoms with van der Waals surface area (Å²) in [5.74, 6) is 2.11. The van der Waals surface area contributed by atoms with Crippen molar-refractivity contribution in [1.29, 1.82) is 0 Å². The Balaban J connectivity index is 2.11. The van der Waals surface area contributed by atoms with Crippen molar-refractivity contribution in [3.63, 3.8) is 0 Å². The van der Waals surface area contributed by atoms with Crippen LogP contribution in [0.5, 0.6) is 0 Å². The summed E-state index contributed by atoms with van der Waals surface area (Å²) >= 11 is 0. The normalized spacial score (nSPS) is 23.1. The van der Waals surface area contributed by atoms with Gasteiger partial charge in [-0.25, -0.2) is 9.97 Å². The Morgan fingerprint density at radius 2 is 2.11 bits per heavy atom. The summed E-state index contributed by atoms with van der Waals surface area (Å²) < 4.78 is 0. The zero-order chi connectivity index (χ0) is 13.0. The van der Waals surface area contributed by atoms with E-state index < -0.39 is 0 Å². The maximum Gasteiger partial charge on any atom is 0.134 e. The van der Waals surface area contributed by atoms with Gasteiger partial charge < -0.3 is 15.7 Å². The van der Waals surface area contributed by atoms with Gasteiger partial charge in [0, 0.05) is 30.7 Å². The molecule has 0 aromatic carbocycles. The average molecular weight is 250 g/mol. The molecule has 0 amide bonds. The van der Waals surface area contributed by atoms with Crippen LogP contribution in [0.2, 0.25) is 0 Å². The Bertz CT molecular complexity index is 397. The van der Waals surface area contributed by atoms with Crippen LogP contribution in [-0.2, 0) is 0 Å². The predicted octanol–water partition coefficient (Wildman–Crippen LogP) is 1.79. The van der Waals surface area contributed by atoms with Gasteiger partial charge in [-0.2, -0.15) is 0 Å². The van der Waals surface area contributed by atoms with Crippen LogP contribution < -0.4 is 10.6 Å². The topological polar surface area (TPSA) is 70.1 Å². The molecule has 0 spiro atoms. The lowest BCUT2D eigenvalue weighted by molar-refractivity contribution is 0.222. The number of rotatable bonds is 5. The third-order valence-corrected chi connectivity index (χ3v) is 3.64. The minimum atomic E-state index is 0.252. The van der Waals surface area contributed by atoms with Crippen LogP contribution >= 0.6 is 0 Å². The summed E-state index contributed by atoms with van der Waals surface area (Å²) in [6.07, 6.45) is 4.95. The first-order valence-corrected chi connectivity index (χ1v) is 6.69. The molecule has 1 heterocycles. The maximum absolute atomic E-state index is 9.34. The molecular weight excluding hydrogens is 228 g/mol. The van der Waals surface area contributed by atoms with Crippen LogP contribution in [0.25, 0.3) is 0 Å². The van der Waals surface area contributed by atoms with Crippen molar-refractivity contribution in [2.75, 3.05) is 23.8 Å². The van der Waals surface area contributed by atoms with Gasteiger partial charge in [-0.05, 0) is 26.7 Å². The van der Waals surface area contributed by atoms with Crippen LogP contribution in [0, 0.1) is 12.8 Å². The second kappa shape index (κ2) is 6.00. The molecule has 0 aliphatic heterocycles. The quantitative estimate of drug-likeness (QED) is 0.743. The van der Waals surface area contributed by atoms with Crippen molar-refractivity contribution in [1.82, 2.24) is 9.97 Å². The van der Waals surface area contributed by atoms with Crippen molar-refractivity contribution >= 4 is 11.6 Å². The van der Waals surface area contributed by atoms with Crippen molar-refractivity contribution in [2.24, 2.45) is 5.92 Å². The fraction of sp³-hybridized carbons (Fsp3) is 0.692. The molecule has 0 saturated heterocycles. The molecule has 1 aromatic heterocycles. The van der Waals surface area contributed by atoms with Gasteiger partial charge in [0.2, 0.25) is 0 Å².